The van der Waals surface area contributed by atoms with Gasteiger partial charge >= 0.3 is 0 Å². The number of hydrogen-bond acceptors (Lipinski definition) is 2. The van der Waals surface area contributed by atoms with Crippen LogP contribution < -0.4 is 5.32 Å². The first kappa shape index (κ1) is 15.0. The third kappa shape index (κ3) is 3.10. The van der Waals surface area contributed by atoms with Crippen molar-refractivity contribution >= 4 is 0 Å². The number of fused-ring (bicyclic) bond motifs is 1. The van der Waals surface area contributed by atoms with Crippen molar-refractivity contribution in [3.63, 3.8) is 0 Å². The van der Waals surface area contributed by atoms with Crippen LogP contribution in [-0.4, -0.2) is 17.8 Å². The smallest absolute Gasteiger partial charge is 0.0497 e. The van der Waals surface area contributed by atoms with Gasteiger partial charge in [0, 0.05) is 24.3 Å². The van der Waals surface area contributed by atoms with E-state index in [0.717, 1.165) is 18.3 Å². The molecule has 122 valence electrons. The van der Waals surface area contributed by atoms with E-state index in [9.17, 15) is 5.11 Å². The number of rotatable bonds is 3. The second kappa shape index (κ2) is 6.52. The van der Waals surface area contributed by atoms with Gasteiger partial charge in [-0.1, -0.05) is 48.9 Å². The molecule has 1 aromatic carbocycles. The predicted molar refractivity (Wildman–Crippen MR) is 93.9 cm³/mol. The SMILES string of the molecule is OCC1C=CC2=C(C1)N[C@@H]1C(Cc3ccccc3)CCC[C@@H]1C2. The molecule has 0 saturated heterocycles. The molecule has 2 heteroatoms. The van der Waals surface area contributed by atoms with Crippen molar-refractivity contribution in [1.29, 1.82) is 0 Å². The largest absolute Gasteiger partial charge is 0.396 e. The molecule has 2 aliphatic carbocycles. The Bertz CT molecular complexity index is 604. The second-order valence-electron chi connectivity index (χ2n) is 7.52. The minimum absolute atomic E-state index is 0.260. The quantitative estimate of drug-likeness (QED) is 0.889. The van der Waals surface area contributed by atoms with Gasteiger partial charge < -0.3 is 10.4 Å². The van der Waals surface area contributed by atoms with Crippen molar-refractivity contribution in [3.05, 3.63) is 59.3 Å². The lowest BCUT2D eigenvalue weighted by Gasteiger charge is -2.45. The number of hydrogen-bond donors (Lipinski definition) is 2. The van der Waals surface area contributed by atoms with E-state index in [1.165, 1.54) is 48.9 Å². The van der Waals surface area contributed by atoms with E-state index in [4.69, 9.17) is 0 Å². The highest BCUT2D eigenvalue weighted by Gasteiger charge is 2.37. The molecule has 23 heavy (non-hydrogen) atoms. The van der Waals surface area contributed by atoms with Crippen LogP contribution in [0, 0.1) is 17.8 Å². The average molecular weight is 309 g/mol. The van der Waals surface area contributed by atoms with E-state index in [1.807, 2.05) is 0 Å². The van der Waals surface area contributed by atoms with Crippen LogP contribution in [-0.2, 0) is 6.42 Å². The van der Waals surface area contributed by atoms with Crippen LogP contribution in [0.5, 0.6) is 0 Å². The lowest BCUT2D eigenvalue weighted by Crippen LogP contribution is -2.48. The molecule has 1 heterocycles. The van der Waals surface area contributed by atoms with Crippen LogP contribution in [0.25, 0.3) is 0 Å². The van der Waals surface area contributed by atoms with Gasteiger partial charge in [-0.05, 0) is 55.1 Å². The first-order valence-electron chi connectivity index (χ1n) is 9.15. The molecule has 1 aromatic rings. The zero-order chi connectivity index (χ0) is 15.6. The summed E-state index contributed by atoms with van der Waals surface area (Å²) in [5, 5.41) is 13.4. The Balaban J connectivity index is 1.52. The summed E-state index contributed by atoms with van der Waals surface area (Å²) in [4.78, 5) is 0. The van der Waals surface area contributed by atoms with E-state index in [0.29, 0.717) is 12.0 Å². The molecule has 2 unspecified atom stereocenters. The zero-order valence-electron chi connectivity index (χ0n) is 13.7. The molecule has 2 N–H and O–H groups in total. The third-order valence-corrected chi connectivity index (χ3v) is 5.99. The molecule has 1 saturated carbocycles. The maximum atomic E-state index is 9.46. The Labute approximate surface area is 139 Å². The molecule has 4 rings (SSSR count). The molecule has 1 aliphatic heterocycles. The summed E-state index contributed by atoms with van der Waals surface area (Å²) < 4.78 is 0. The van der Waals surface area contributed by atoms with Gasteiger partial charge in [0.25, 0.3) is 0 Å². The van der Waals surface area contributed by atoms with E-state index in [2.05, 4.69) is 47.8 Å². The lowest BCUT2D eigenvalue weighted by atomic mass is 9.69. The summed E-state index contributed by atoms with van der Waals surface area (Å²) in [6, 6.07) is 11.6. The van der Waals surface area contributed by atoms with Gasteiger partial charge in [0.15, 0.2) is 0 Å². The molecule has 0 bridgehead atoms. The zero-order valence-corrected chi connectivity index (χ0v) is 13.7. The predicted octanol–water partition coefficient (Wildman–Crippen LogP) is 3.83. The number of nitrogens with one attached hydrogen (secondary N) is 1. The molecule has 2 nitrogen and oxygen atoms in total. The Morgan fingerprint density at radius 1 is 1.09 bits per heavy atom. The van der Waals surface area contributed by atoms with Gasteiger partial charge in [0.05, 0.1) is 0 Å². The molecule has 0 aromatic heterocycles. The van der Waals surface area contributed by atoms with E-state index in [1.54, 1.807) is 0 Å². The van der Waals surface area contributed by atoms with Crippen molar-refractivity contribution in [2.24, 2.45) is 17.8 Å². The van der Waals surface area contributed by atoms with Crippen LogP contribution in [0.3, 0.4) is 0 Å². The van der Waals surface area contributed by atoms with Crippen molar-refractivity contribution in [3.8, 4) is 0 Å². The van der Waals surface area contributed by atoms with Gasteiger partial charge in [0.1, 0.15) is 0 Å². The van der Waals surface area contributed by atoms with Crippen molar-refractivity contribution in [1.82, 2.24) is 5.32 Å². The molecular formula is C21H27NO. The topological polar surface area (TPSA) is 32.3 Å². The fourth-order valence-electron chi connectivity index (χ4n) is 4.76. The monoisotopic (exact) mass is 309 g/mol. The molecular weight excluding hydrogens is 282 g/mol. The highest BCUT2D eigenvalue weighted by Crippen LogP contribution is 2.41. The molecule has 0 amide bonds. The normalized spacial score (nSPS) is 32.9. The molecule has 0 spiro atoms. The van der Waals surface area contributed by atoms with Crippen molar-refractivity contribution in [2.75, 3.05) is 6.61 Å². The van der Waals surface area contributed by atoms with E-state index < -0.39 is 0 Å². The minimum atomic E-state index is 0.260. The molecule has 0 radical (unpaired) electrons. The summed E-state index contributed by atoms with van der Waals surface area (Å²) in [6.07, 6.45) is 11.9. The molecule has 3 aliphatic rings. The Hall–Kier alpha value is -1.54. The highest BCUT2D eigenvalue weighted by molar-refractivity contribution is 5.33. The fraction of sp³-hybridized carbons (Fsp3) is 0.524. The lowest BCUT2D eigenvalue weighted by molar-refractivity contribution is 0.173. The summed E-state index contributed by atoms with van der Waals surface area (Å²) in [7, 11) is 0. The standard InChI is InChI=1S/C21H27NO/c23-14-16-9-10-17-13-19-8-4-7-18(21(19)22-20(17)12-16)11-15-5-2-1-3-6-15/h1-3,5-6,9-10,16,18-19,21-23H,4,7-8,11-14H2/t16?,18?,19-,21-/m1/s1. The average Bonchev–Trinajstić information content (AvgIpc) is 2.61. The van der Waals surface area contributed by atoms with Crippen LogP contribution in [0.2, 0.25) is 0 Å². The summed E-state index contributed by atoms with van der Waals surface area (Å²) in [5.74, 6) is 1.82. The molecule has 4 atom stereocenters. The summed E-state index contributed by atoms with van der Waals surface area (Å²) in [6.45, 7) is 0.260. The van der Waals surface area contributed by atoms with Crippen LogP contribution in [0.4, 0.5) is 0 Å². The summed E-state index contributed by atoms with van der Waals surface area (Å²) >= 11 is 0. The second-order valence-corrected chi connectivity index (χ2v) is 7.52. The Morgan fingerprint density at radius 2 is 1.96 bits per heavy atom. The molecule has 1 fully saturated rings. The maximum Gasteiger partial charge on any atom is 0.0497 e. The van der Waals surface area contributed by atoms with Crippen LogP contribution in [0.15, 0.2) is 53.8 Å². The highest BCUT2D eigenvalue weighted by atomic mass is 16.3. The summed E-state index contributed by atoms with van der Waals surface area (Å²) in [5.41, 5.74) is 4.38. The first-order chi connectivity index (χ1) is 11.3. The minimum Gasteiger partial charge on any atom is -0.396 e. The van der Waals surface area contributed by atoms with Gasteiger partial charge in [-0.25, -0.2) is 0 Å². The number of allylic oxidation sites excluding steroid dienone is 3. The number of aliphatic hydroxyl groups excluding tert-OH is 1. The van der Waals surface area contributed by atoms with Gasteiger partial charge in [-0.3, -0.25) is 0 Å². The van der Waals surface area contributed by atoms with Gasteiger partial charge in [-0.2, -0.15) is 0 Å². The van der Waals surface area contributed by atoms with Crippen molar-refractivity contribution < 1.29 is 5.11 Å². The van der Waals surface area contributed by atoms with E-state index >= 15 is 0 Å². The Morgan fingerprint density at radius 3 is 2.78 bits per heavy atom. The van der Waals surface area contributed by atoms with Gasteiger partial charge in [0.2, 0.25) is 0 Å². The maximum absolute atomic E-state index is 9.46. The Kier molecular flexibility index (Phi) is 4.26. The number of benzene rings is 1. The van der Waals surface area contributed by atoms with Gasteiger partial charge in [-0.15, -0.1) is 0 Å². The van der Waals surface area contributed by atoms with Crippen LogP contribution >= 0.6 is 0 Å². The van der Waals surface area contributed by atoms with Crippen LogP contribution in [0.1, 0.15) is 37.7 Å². The fourth-order valence-corrected chi connectivity index (χ4v) is 4.76. The first-order valence-corrected chi connectivity index (χ1v) is 9.15. The van der Waals surface area contributed by atoms with E-state index in [-0.39, 0.29) is 6.61 Å². The third-order valence-electron chi connectivity index (χ3n) is 5.99. The van der Waals surface area contributed by atoms with Crippen molar-refractivity contribution in [2.45, 2.75) is 44.6 Å². The number of aliphatic hydroxyl groups is 1.